The van der Waals surface area contributed by atoms with E-state index in [1.54, 1.807) is 0 Å². The molecule has 0 spiro atoms. The summed E-state index contributed by atoms with van der Waals surface area (Å²) in [6, 6.07) is 76.5. The molecule has 1 heteroatoms. The molecule has 0 bridgehead atoms. The number of benzene rings is 9. The average molecular weight is 650 g/mol. The maximum absolute atomic E-state index is 2.35. The molecule has 0 aliphatic heterocycles. The van der Waals surface area contributed by atoms with E-state index in [2.05, 4.69) is 217 Å². The topological polar surface area (TPSA) is 3.24 Å². The second-order valence-corrected chi connectivity index (χ2v) is 12.9. The zero-order valence-corrected chi connectivity index (χ0v) is 28.2. The summed E-state index contributed by atoms with van der Waals surface area (Å²) in [6.07, 6.45) is 0. The lowest BCUT2D eigenvalue weighted by molar-refractivity contribution is 1.28. The van der Waals surface area contributed by atoms with Crippen molar-refractivity contribution in [3.8, 4) is 44.5 Å². The number of anilines is 3. The third kappa shape index (κ3) is 5.86. The van der Waals surface area contributed by atoms with Crippen molar-refractivity contribution in [1.29, 1.82) is 0 Å². The van der Waals surface area contributed by atoms with Crippen LogP contribution in [0.1, 0.15) is 0 Å². The van der Waals surface area contributed by atoms with Gasteiger partial charge in [0.05, 0.1) is 0 Å². The van der Waals surface area contributed by atoms with Crippen molar-refractivity contribution in [3.05, 3.63) is 212 Å². The fourth-order valence-corrected chi connectivity index (χ4v) is 7.35. The minimum Gasteiger partial charge on any atom is -0.311 e. The Labute approximate surface area is 299 Å². The normalized spacial score (nSPS) is 11.1. The van der Waals surface area contributed by atoms with Crippen molar-refractivity contribution >= 4 is 38.6 Å². The largest absolute Gasteiger partial charge is 0.311 e. The Morgan fingerprint density at radius 3 is 1.18 bits per heavy atom. The summed E-state index contributed by atoms with van der Waals surface area (Å²) in [5, 5.41) is 5.07. The predicted octanol–water partition coefficient (Wildman–Crippen LogP) is 14.1. The molecule has 0 saturated heterocycles. The predicted molar refractivity (Wildman–Crippen MR) is 218 cm³/mol. The van der Waals surface area contributed by atoms with E-state index in [1.807, 2.05) is 0 Å². The number of rotatable bonds is 7. The molecule has 9 aromatic rings. The van der Waals surface area contributed by atoms with Crippen LogP contribution in [0.15, 0.2) is 212 Å². The maximum atomic E-state index is 2.35. The summed E-state index contributed by atoms with van der Waals surface area (Å²) in [7, 11) is 0. The van der Waals surface area contributed by atoms with Gasteiger partial charge in [-0.1, -0.05) is 170 Å². The van der Waals surface area contributed by atoms with Crippen molar-refractivity contribution in [2.24, 2.45) is 0 Å². The van der Waals surface area contributed by atoms with E-state index in [9.17, 15) is 0 Å². The minimum absolute atomic E-state index is 1.10. The molecule has 51 heavy (non-hydrogen) atoms. The van der Waals surface area contributed by atoms with Gasteiger partial charge < -0.3 is 4.90 Å². The van der Waals surface area contributed by atoms with Crippen LogP contribution in [-0.2, 0) is 0 Å². The zero-order chi connectivity index (χ0) is 34.0. The highest BCUT2D eigenvalue weighted by Gasteiger charge is 2.16. The van der Waals surface area contributed by atoms with Crippen LogP contribution in [0.2, 0.25) is 0 Å². The molecule has 0 fully saturated rings. The molecule has 9 aromatic carbocycles. The highest BCUT2D eigenvalue weighted by atomic mass is 15.1. The third-order valence-corrected chi connectivity index (χ3v) is 9.87. The SMILES string of the molecule is c1ccc(-c2ccc(N(c3ccc(-c4ccccc4)cc3)c3ccc(-c4cccc5c4c(-c4ccccc4)cc4ccccc45)cc3)cc2)cc1. The molecule has 0 saturated carbocycles. The van der Waals surface area contributed by atoms with Crippen molar-refractivity contribution < 1.29 is 0 Å². The molecule has 1 nitrogen and oxygen atoms in total. The second-order valence-electron chi connectivity index (χ2n) is 12.9. The first-order valence-electron chi connectivity index (χ1n) is 17.5. The Balaban J connectivity index is 1.16. The summed E-state index contributed by atoms with van der Waals surface area (Å²) in [5.74, 6) is 0. The van der Waals surface area contributed by atoms with Crippen LogP contribution < -0.4 is 4.90 Å². The first-order chi connectivity index (χ1) is 25.3. The van der Waals surface area contributed by atoms with Crippen LogP contribution >= 0.6 is 0 Å². The van der Waals surface area contributed by atoms with Crippen LogP contribution in [0.25, 0.3) is 66.1 Å². The highest BCUT2D eigenvalue weighted by molar-refractivity contribution is 6.18. The highest BCUT2D eigenvalue weighted by Crippen LogP contribution is 2.42. The van der Waals surface area contributed by atoms with E-state index in [0.717, 1.165) is 17.1 Å². The lowest BCUT2D eigenvalue weighted by Gasteiger charge is -2.26. The Bertz CT molecular complexity index is 2490. The molecule has 9 rings (SSSR count). The number of nitrogens with zero attached hydrogens (tertiary/aromatic N) is 1. The van der Waals surface area contributed by atoms with Crippen LogP contribution in [0, 0.1) is 0 Å². The molecule has 0 atom stereocenters. The monoisotopic (exact) mass is 649 g/mol. The quantitative estimate of drug-likeness (QED) is 0.155. The zero-order valence-electron chi connectivity index (χ0n) is 28.2. The van der Waals surface area contributed by atoms with Gasteiger partial charge in [-0.25, -0.2) is 0 Å². The van der Waals surface area contributed by atoms with Gasteiger partial charge in [0.1, 0.15) is 0 Å². The van der Waals surface area contributed by atoms with Gasteiger partial charge in [0.2, 0.25) is 0 Å². The Morgan fingerprint density at radius 1 is 0.255 bits per heavy atom. The van der Waals surface area contributed by atoms with E-state index >= 15 is 0 Å². The van der Waals surface area contributed by atoms with Gasteiger partial charge in [-0.2, -0.15) is 0 Å². The number of fused-ring (bicyclic) bond motifs is 3. The Morgan fingerprint density at radius 2 is 0.647 bits per heavy atom. The smallest absolute Gasteiger partial charge is 0.0462 e. The standard InChI is InChI=1S/C50H35N/c1-4-13-36(14-5-1)38-23-29-43(30-24-38)51(44-31-25-39(26-32-44)37-15-6-2-7-16-37)45-33-27-41(28-34-45)47-21-12-22-48-46-20-11-10-19-42(46)35-49(50(47)48)40-17-8-3-9-18-40/h1-35H. The first kappa shape index (κ1) is 30.4. The van der Waals surface area contributed by atoms with Gasteiger partial charge in [0, 0.05) is 17.1 Å². The summed E-state index contributed by atoms with van der Waals surface area (Å²) >= 11 is 0. The summed E-state index contributed by atoms with van der Waals surface area (Å²) in [6.45, 7) is 0. The summed E-state index contributed by atoms with van der Waals surface area (Å²) in [4.78, 5) is 2.35. The fourth-order valence-electron chi connectivity index (χ4n) is 7.35. The number of hydrogen-bond donors (Lipinski definition) is 0. The van der Waals surface area contributed by atoms with Crippen LogP contribution in [0.5, 0.6) is 0 Å². The molecular formula is C50H35N. The minimum atomic E-state index is 1.10. The van der Waals surface area contributed by atoms with E-state index in [0.29, 0.717) is 0 Å². The van der Waals surface area contributed by atoms with Gasteiger partial charge in [-0.15, -0.1) is 0 Å². The molecule has 0 N–H and O–H groups in total. The molecule has 0 aromatic heterocycles. The van der Waals surface area contributed by atoms with E-state index in [4.69, 9.17) is 0 Å². The van der Waals surface area contributed by atoms with Gasteiger partial charge in [0.25, 0.3) is 0 Å². The second kappa shape index (κ2) is 13.3. The average Bonchev–Trinajstić information content (AvgIpc) is 3.22. The fraction of sp³-hybridized carbons (Fsp3) is 0. The summed E-state index contributed by atoms with van der Waals surface area (Å²) < 4.78 is 0. The molecule has 0 aliphatic rings. The molecule has 0 unspecified atom stereocenters. The Kier molecular flexibility index (Phi) is 7.92. The van der Waals surface area contributed by atoms with Crippen LogP contribution in [0.3, 0.4) is 0 Å². The molecule has 0 heterocycles. The number of hydrogen-bond acceptors (Lipinski definition) is 1. The summed E-state index contributed by atoms with van der Waals surface area (Å²) in [5.41, 5.74) is 13.0. The van der Waals surface area contributed by atoms with Gasteiger partial charge in [-0.05, 0) is 109 Å². The Hall–Kier alpha value is -6.70. The third-order valence-electron chi connectivity index (χ3n) is 9.87. The van der Waals surface area contributed by atoms with Crippen molar-refractivity contribution in [2.45, 2.75) is 0 Å². The van der Waals surface area contributed by atoms with Crippen molar-refractivity contribution in [1.82, 2.24) is 0 Å². The molecule has 0 amide bonds. The van der Waals surface area contributed by atoms with E-state index in [1.165, 1.54) is 66.1 Å². The maximum Gasteiger partial charge on any atom is 0.0462 e. The molecule has 0 aliphatic carbocycles. The molecule has 240 valence electrons. The van der Waals surface area contributed by atoms with Gasteiger partial charge >= 0.3 is 0 Å². The van der Waals surface area contributed by atoms with Crippen molar-refractivity contribution in [3.63, 3.8) is 0 Å². The first-order valence-corrected chi connectivity index (χ1v) is 17.5. The molecule has 0 radical (unpaired) electrons. The van der Waals surface area contributed by atoms with E-state index in [-0.39, 0.29) is 0 Å². The van der Waals surface area contributed by atoms with Gasteiger partial charge in [0.15, 0.2) is 0 Å². The lowest BCUT2D eigenvalue weighted by Crippen LogP contribution is -2.09. The van der Waals surface area contributed by atoms with E-state index < -0.39 is 0 Å². The van der Waals surface area contributed by atoms with Crippen LogP contribution in [0.4, 0.5) is 17.1 Å². The van der Waals surface area contributed by atoms with Crippen LogP contribution in [-0.4, -0.2) is 0 Å². The molecular weight excluding hydrogens is 615 g/mol. The van der Waals surface area contributed by atoms with Gasteiger partial charge in [-0.3, -0.25) is 0 Å². The lowest BCUT2D eigenvalue weighted by atomic mass is 9.88. The van der Waals surface area contributed by atoms with Crippen molar-refractivity contribution in [2.75, 3.05) is 4.90 Å².